The van der Waals surface area contributed by atoms with Crippen LogP contribution in [-0.4, -0.2) is 15.9 Å². The van der Waals surface area contributed by atoms with Crippen molar-refractivity contribution in [2.45, 2.75) is 6.54 Å². The molecule has 1 aromatic carbocycles. The number of carbonyl (C=O) groups excluding carboxylic acids is 1. The van der Waals surface area contributed by atoms with Gasteiger partial charge in [-0.15, -0.1) is 0 Å². The highest BCUT2D eigenvalue weighted by Gasteiger charge is 2.07. The molecule has 0 unspecified atom stereocenters. The van der Waals surface area contributed by atoms with Gasteiger partial charge >= 0.3 is 0 Å². The van der Waals surface area contributed by atoms with Gasteiger partial charge in [-0.25, -0.2) is 9.97 Å². The third-order valence-corrected chi connectivity index (χ3v) is 2.53. The van der Waals surface area contributed by atoms with E-state index in [2.05, 4.69) is 31.2 Å². The maximum absolute atomic E-state index is 11.7. The predicted octanol–water partition coefficient (Wildman–Crippen LogP) is 2.17. The van der Waals surface area contributed by atoms with E-state index in [0.29, 0.717) is 6.54 Å². The molecule has 0 fully saturated rings. The summed E-state index contributed by atoms with van der Waals surface area (Å²) in [4.78, 5) is 19.5. The summed E-state index contributed by atoms with van der Waals surface area (Å²) in [5.74, 6) is -0.106. The van der Waals surface area contributed by atoms with Gasteiger partial charge in [-0.2, -0.15) is 0 Å². The van der Waals surface area contributed by atoms with E-state index in [0.717, 1.165) is 10.0 Å². The second-order valence-electron chi connectivity index (χ2n) is 3.39. The first-order valence-corrected chi connectivity index (χ1v) is 5.84. The molecule has 2 aromatic rings. The molecule has 0 radical (unpaired) electrons. The normalized spacial score (nSPS) is 9.94. The highest BCUT2D eigenvalue weighted by atomic mass is 79.9. The first-order valence-electron chi connectivity index (χ1n) is 5.05. The van der Waals surface area contributed by atoms with E-state index in [9.17, 15) is 4.79 Å². The van der Waals surface area contributed by atoms with Crippen molar-refractivity contribution in [2.75, 3.05) is 0 Å². The van der Waals surface area contributed by atoms with E-state index in [4.69, 9.17) is 0 Å². The lowest BCUT2D eigenvalue weighted by Gasteiger charge is -2.03. The maximum atomic E-state index is 11.7. The Kier molecular flexibility index (Phi) is 3.82. The van der Waals surface area contributed by atoms with Gasteiger partial charge in [0.2, 0.25) is 5.82 Å². The number of aromatic nitrogens is 2. The molecule has 1 aromatic heterocycles. The lowest BCUT2D eigenvalue weighted by atomic mass is 10.2. The number of rotatable bonds is 3. The van der Waals surface area contributed by atoms with E-state index in [1.165, 1.54) is 0 Å². The molecule has 0 atom stereocenters. The minimum Gasteiger partial charge on any atom is -0.345 e. The fourth-order valence-corrected chi connectivity index (χ4v) is 1.49. The number of carbonyl (C=O) groups is 1. The van der Waals surface area contributed by atoms with Crippen molar-refractivity contribution < 1.29 is 4.79 Å². The molecule has 0 spiro atoms. The summed E-state index contributed by atoms with van der Waals surface area (Å²) >= 11 is 3.21. The van der Waals surface area contributed by atoms with E-state index in [1.54, 1.807) is 12.4 Å². The van der Waals surface area contributed by atoms with Crippen LogP contribution in [0.5, 0.6) is 0 Å². The predicted molar refractivity (Wildman–Crippen MR) is 67.3 cm³/mol. The van der Waals surface area contributed by atoms with Gasteiger partial charge in [-0.1, -0.05) is 30.3 Å². The number of nitrogens with zero attached hydrogens (tertiary/aromatic N) is 2. The average Bonchev–Trinajstić information content (AvgIpc) is 2.38. The van der Waals surface area contributed by atoms with E-state index >= 15 is 0 Å². The first-order chi connectivity index (χ1) is 8.25. The highest BCUT2D eigenvalue weighted by Crippen LogP contribution is 2.04. The molecular formula is C12H10BrN3O. The third-order valence-electron chi connectivity index (χ3n) is 2.12. The van der Waals surface area contributed by atoms with Gasteiger partial charge in [-0.05, 0) is 21.5 Å². The summed E-state index contributed by atoms with van der Waals surface area (Å²) in [6, 6.07) is 9.68. The Morgan fingerprint density at radius 1 is 1.18 bits per heavy atom. The van der Waals surface area contributed by atoms with Crippen molar-refractivity contribution in [3.8, 4) is 0 Å². The SMILES string of the molecule is O=C(NCc1ccccc1)c1ncc(Br)cn1. The fraction of sp³-hybridized carbons (Fsp3) is 0.0833. The molecule has 1 heterocycles. The Labute approximate surface area is 107 Å². The second kappa shape index (κ2) is 5.54. The van der Waals surface area contributed by atoms with E-state index in [-0.39, 0.29) is 11.7 Å². The van der Waals surface area contributed by atoms with Crippen LogP contribution >= 0.6 is 15.9 Å². The zero-order chi connectivity index (χ0) is 12.1. The van der Waals surface area contributed by atoms with Crippen molar-refractivity contribution in [1.29, 1.82) is 0 Å². The standard InChI is InChI=1S/C12H10BrN3O/c13-10-7-14-11(15-8-10)12(17)16-6-9-4-2-1-3-5-9/h1-5,7-8H,6H2,(H,16,17). The average molecular weight is 292 g/mol. The molecule has 5 heteroatoms. The van der Waals surface area contributed by atoms with Gasteiger partial charge in [0.15, 0.2) is 0 Å². The molecule has 2 rings (SSSR count). The molecule has 1 amide bonds. The monoisotopic (exact) mass is 291 g/mol. The van der Waals surface area contributed by atoms with Gasteiger partial charge in [0.05, 0.1) is 4.47 Å². The van der Waals surface area contributed by atoms with Crippen LogP contribution in [0.25, 0.3) is 0 Å². The first kappa shape index (κ1) is 11.7. The molecule has 0 saturated heterocycles. The fourth-order valence-electron chi connectivity index (χ4n) is 1.29. The molecule has 0 aliphatic carbocycles. The van der Waals surface area contributed by atoms with Gasteiger partial charge in [0.25, 0.3) is 5.91 Å². The largest absolute Gasteiger partial charge is 0.345 e. The zero-order valence-electron chi connectivity index (χ0n) is 8.93. The van der Waals surface area contributed by atoms with Crippen LogP contribution in [0.4, 0.5) is 0 Å². The Balaban J connectivity index is 1.96. The van der Waals surface area contributed by atoms with Gasteiger partial charge < -0.3 is 5.32 Å². The molecule has 1 N–H and O–H groups in total. The number of nitrogens with one attached hydrogen (secondary N) is 1. The molecular weight excluding hydrogens is 282 g/mol. The van der Waals surface area contributed by atoms with Crippen LogP contribution in [0, 0.1) is 0 Å². The molecule has 0 saturated carbocycles. The molecule has 0 bridgehead atoms. The van der Waals surface area contributed by atoms with Crippen molar-refractivity contribution in [3.05, 3.63) is 58.6 Å². The second-order valence-corrected chi connectivity index (χ2v) is 4.31. The van der Waals surface area contributed by atoms with E-state index in [1.807, 2.05) is 30.3 Å². The Morgan fingerprint density at radius 2 is 1.82 bits per heavy atom. The van der Waals surface area contributed by atoms with Crippen LogP contribution in [0.3, 0.4) is 0 Å². The third kappa shape index (κ3) is 3.35. The van der Waals surface area contributed by atoms with Crippen LogP contribution in [0.2, 0.25) is 0 Å². The summed E-state index contributed by atoms with van der Waals surface area (Å²) in [6.07, 6.45) is 3.09. The van der Waals surface area contributed by atoms with Gasteiger partial charge in [0, 0.05) is 18.9 Å². The summed E-state index contributed by atoms with van der Waals surface area (Å²) < 4.78 is 0.747. The summed E-state index contributed by atoms with van der Waals surface area (Å²) in [6.45, 7) is 0.471. The molecule has 0 aliphatic heterocycles. The Hall–Kier alpha value is -1.75. The van der Waals surface area contributed by atoms with Gasteiger partial charge in [0.1, 0.15) is 0 Å². The van der Waals surface area contributed by atoms with Crippen molar-refractivity contribution in [2.24, 2.45) is 0 Å². The van der Waals surface area contributed by atoms with Crippen LogP contribution in [0.15, 0.2) is 47.2 Å². The zero-order valence-corrected chi connectivity index (χ0v) is 10.5. The van der Waals surface area contributed by atoms with Crippen LogP contribution in [0.1, 0.15) is 16.2 Å². The van der Waals surface area contributed by atoms with Crippen LogP contribution < -0.4 is 5.32 Å². The Bertz CT molecular complexity index is 499. The van der Waals surface area contributed by atoms with Crippen molar-refractivity contribution in [1.82, 2.24) is 15.3 Å². The smallest absolute Gasteiger partial charge is 0.289 e. The summed E-state index contributed by atoms with van der Waals surface area (Å²) in [5.41, 5.74) is 1.04. The number of hydrogen-bond acceptors (Lipinski definition) is 3. The minimum atomic E-state index is -0.277. The topological polar surface area (TPSA) is 54.9 Å². The number of amides is 1. The molecule has 0 aliphatic rings. The quantitative estimate of drug-likeness (QED) is 0.943. The number of hydrogen-bond donors (Lipinski definition) is 1. The lowest BCUT2D eigenvalue weighted by molar-refractivity contribution is 0.0940. The van der Waals surface area contributed by atoms with Crippen molar-refractivity contribution in [3.63, 3.8) is 0 Å². The number of halogens is 1. The lowest BCUT2D eigenvalue weighted by Crippen LogP contribution is -2.24. The molecule has 86 valence electrons. The summed E-state index contributed by atoms with van der Waals surface area (Å²) in [7, 11) is 0. The van der Waals surface area contributed by atoms with E-state index < -0.39 is 0 Å². The molecule has 4 nitrogen and oxygen atoms in total. The number of benzene rings is 1. The van der Waals surface area contributed by atoms with Gasteiger partial charge in [-0.3, -0.25) is 4.79 Å². The summed E-state index contributed by atoms with van der Waals surface area (Å²) in [5, 5.41) is 2.76. The molecule has 17 heavy (non-hydrogen) atoms. The highest BCUT2D eigenvalue weighted by molar-refractivity contribution is 9.10. The Morgan fingerprint density at radius 3 is 2.47 bits per heavy atom. The minimum absolute atomic E-state index is 0.170. The van der Waals surface area contributed by atoms with Crippen LogP contribution in [-0.2, 0) is 6.54 Å². The van der Waals surface area contributed by atoms with Crippen molar-refractivity contribution >= 4 is 21.8 Å². The maximum Gasteiger partial charge on any atom is 0.289 e.